The highest BCUT2D eigenvalue weighted by Gasteiger charge is 2.29. The number of benzene rings is 2. The Balaban J connectivity index is 0.00000312. The third-order valence-corrected chi connectivity index (χ3v) is 4.01. The molecule has 2 aromatic rings. The van der Waals surface area contributed by atoms with Crippen molar-refractivity contribution in [2.75, 3.05) is 20.8 Å². The molecule has 136 valence electrons. The maximum absolute atomic E-state index is 12.4. The second-order valence-electron chi connectivity index (χ2n) is 5.75. The molecule has 1 amide bonds. The van der Waals surface area contributed by atoms with Crippen LogP contribution in [0.4, 0.5) is 0 Å². The number of halogens is 1. The van der Waals surface area contributed by atoms with Crippen molar-refractivity contribution in [3.63, 3.8) is 0 Å². The maximum Gasteiger partial charge on any atom is 0.244 e. The lowest BCUT2D eigenvalue weighted by Crippen LogP contribution is -2.49. The zero-order valence-corrected chi connectivity index (χ0v) is 15.6. The molecule has 1 unspecified atom stereocenters. The second-order valence-corrected chi connectivity index (χ2v) is 5.75. The minimum absolute atomic E-state index is 0. The van der Waals surface area contributed by atoms with E-state index in [-0.39, 0.29) is 18.3 Å². The van der Waals surface area contributed by atoms with E-state index in [0.29, 0.717) is 13.0 Å². The highest BCUT2D eigenvalue weighted by molar-refractivity contribution is 5.87. The largest absolute Gasteiger partial charge is 0.497 e. The molecule has 3 N–H and O–H groups in total. The second kappa shape index (κ2) is 9.30. The molecule has 5 nitrogen and oxygen atoms in total. The molecule has 2 rings (SSSR count). The van der Waals surface area contributed by atoms with Gasteiger partial charge in [0.1, 0.15) is 17.0 Å². The summed E-state index contributed by atoms with van der Waals surface area (Å²) < 4.78 is 10.6. The predicted octanol–water partition coefficient (Wildman–Crippen LogP) is 2.66. The Hall–Kier alpha value is -2.24. The highest BCUT2D eigenvalue weighted by Crippen LogP contribution is 2.24. The Labute approximate surface area is 154 Å². The lowest BCUT2D eigenvalue weighted by atomic mass is 9.92. The Bertz CT molecular complexity index is 690. The SMILES string of the molecule is COc1ccc(OC)c(CCNC(=O)C(C)(N)c2ccccc2)c1.Cl. The monoisotopic (exact) mass is 364 g/mol. The van der Waals surface area contributed by atoms with E-state index in [1.165, 1.54) is 0 Å². The summed E-state index contributed by atoms with van der Waals surface area (Å²) in [6.45, 7) is 2.17. The van der Waals surface area contributed by atoms with Crippen LogP contribution in [0.25, 0.3) is 0 Å². The Morgan fingerprint density at radius 1 is 1.12 bits per heavy atom. The van der Waals surface area contributed by atoms with Crippen LogP contribution in [-0.4, -0.2) is 26.7 Å². The van der Waals surface area contributed by atoms with E-state index in [1.54, 1.807) is 21.1 Å². The van der Waals surface area contributed by atoms with Crippen LogP contribution in [0, 0.1) is 0 Å². The Morgan fingerprint density at radius 2 is 1.80 bits per heavy atom. The predicted molar refractivity (Wildman–Crippen MR) is 101 cm³/mol. The molecule has 25 heavy (non-hydrogen) atoms. The molecule has 0 heterocycles. The number of nitrogens with two attached hydrogens (primary N) is 1. The molecule has 0 saturated heterocycles. The van der Waals surface area contributed by atoms with Crippen molar-refractivity contribution in [1.82, 2.24) is 5.32 Å². The topological polar surface area (TPSA) is 73.6 Å². The van der Waals surface area contributed by atoms with Crippen LogP contribution < -0.4 is 20.5 Å². The van der Waals surface area contributed by atoms with Gasteiger partial charge in [-0.2, -0.15) is 0 Å². The van der Waals surface area contributed by atoms with Crippen molar-refractivity contribution < 1.29 is 14.3 Å². The van der Waals surface area contributed by atoms with Crippen LogP contribution >= 0.6 is 12.4 Å². The number of carbonyl (C=O) groups is 1. The highest BCUT2D eigenvalue weighted by atomic mass is 35.5. The molecule has 0 radical (unpaired) electrons. The van der Waals surface area contributed by atoms with Crippen LogP contribution in [0.15, 0.2) is 48.5 Å². The van der Waals surface area contributed by atoms with E-state index in [9.17, 15) is 4.79 Å². The molecule has 0 aromatic heterocycles. The lowest BCUT2D eigenvalue weighted by Gasteiger charge is -2.24. The molecule has 0 aliphatic heterocycles. The normalized spacial score (nSPS) is 12.5. The van der Waals surface area contributed by atoms with Crippen molar-refractivity contribution in [2.45, 2.75) is 18.9 Å². The molecular weight excluding hydrogens is 340 g/mol. The number of hydrogen-bond acceptors (Lipinski definition) is 4. The maximum atomic E-state index is 12.4. The van der Waals surface area contributed by atoms with E-state index in [0.717, 1.165) is 22.6 Å². The van der Waals surface area contributed by atoms with Crippen LogP contribution in [0.2, 0.25) is 0 Å². The first kappa shape index (κ1) is 20.8. The fourth-order valence-electron chi connectivity index (χ4n) is 2.49. The molecule has 0 aliphatic rings. The van der Waals surface area contributed by atoms with E-state index in [1.807, 2.05) is 48.5 Å². The molecule has 0 saturated carbocycles. The molecule has 2 aromatic carbocycles. The Morgan fingerprint density at radius 3 is 2.40 bits per heavy atom. The quantitative estimate of drug-likeness (QED) is 0.792. The van der Waals surface area contributed by atoms with E-state index in [2.05, 4.69) is 5.32 Å². The number of hydrogen-bond donors (Lipinski definition) is 2. The van der Waals surface area contributed by atoms with Crippen LogP contribution in [0.1, 0.15) is 18.1 Å². The van der Waals surface area contributed by atoms with Gasteiger partial charge in [0.2, 0.25) is 5.91 Å². The smallest absolute Gasteiger partial charge is 0.244 e. The van der Waals surface area contributed by atoms with Gasteiger partial charge in [-0.3, -0.25) is 4.79 Å². The summed E-state index contributed by atoms with van der Waals surface area (Å²) in [7, 11) is 3.24. The van der Waals surface area contributed by atoms with Crippen molar-refractivity contribution >= 4 is 18.3 Å². The first-order chi connectivity index (χ1) is 11.5. The van der Waals surface area contributed by atoms with Gasteiger partial charge in [0, 0.05) is 6.54 Å². The van der Waals surface area contributed by atoms with Crippen molar-refractivity contribution in [2.24, 2.45) is 5.73 Å². The first-order valence-electron chi connectivity index (χ1n) is 7.82. The van der Waals surface area contributed by atoms with Gasteiger partial charge in [0.25, 0.3) is 0 Å². The number of rotatable bonds is 7. The third kappa shape index (κ3) is 5.11. The zero-order valence-electron chi connectivity index (χ0n) is 14.7. The summed E-state index contributed by atoms with van der Waals surface area (Å²) in [5.74, 6) is 1.31. The number of nitrogens with one attached hydrogen (secondary N) is 1. The number of ether oxygens (including phenoxy) is 2. The minimum Gasteiger partial charge on any atom is -0.497 e. The van der Waals surface area contributed by atoms with Gasteiger partial charge in [-0.05, 0) is 42.7 Å². The standard InChI is InChI=1S/C19H24N2O3.ClH/c1-19(20,15-7-5-4-6-8-15)18(22)21-12-11-14-13-16(23-2)9-10-17(14)24-3;/h4-10,13H,11-12,20H2,1-3H3,(H,21,22);1H. The summed E-state index contributed by atoms with van der Waals surface area (Å²) in [4.78, 5) is 12.4. The molecule has 1 atom stereocenters. The van der Waals surface area contributed by atoms with Gasteiger partial charge < -0.3 is 20.5 Å². The van der Waals surface area contributed by atoms with Gasteiger partial charge >= 0.3 is 0 Å². The molecule has 0 fully saturated rings. The van der Waals surface area contributed by atoms with Crippen LogP contribution in [0.3, 0.4) is 0 Å². The molecular formula is C19H25ClN2O3. The minimum atomic E-state index is -1.07. The van der Waals surface area contributed by atoms with Crippen molar-refractivity contribution in [3.8, 4) is 11.5 Å². The third-order valence-electron chi connectivity index (χ3n) is 4.01. The fraction of sp³-hybridized carbons (Fsp3) is 0.316. The summed E-state index contributed by atoms with van der Waals surface area (Å²) in [5, 5.41) is 2.90. The van der Waals surface area contributed by atoms with Gasteiger partial charge in [0.15, 0.2) is 0 Å². The first-order valence-corrected chi connectivity index (χ1v) is 7.82. The summed E-state index contributed by atoms with van der Waals surface area (Å²) in [6, 6.07) is 14.9. The number of methoxy groups -OCH3 is 2. The van der Waals surface area contributed by atoms with Crippen molar-refractivity contribution in [1.29, 1.82) is 0 Å². The van der Waals surface area contributed by atoms with Gasteiger partial charge in [0.05, 0.1) is 14.2 Å². The van der Waals surface area contributed by atoms with Crippen LogP contribution in [0.5, 0.6) is 11.5 Å². The summed E-state index contributed by atoms with van der Waals surface area (Å²) in [6.07, 6.45) is 0.622. The van der Waals surface area contributed by atoms with E-state index >= 15 is 0 Å². The van der Waals surface area contributed by atoms with Crippen molar-refractivity contribution in [3.05, 3.63) is 59.7 Å². The van der Waals surface area contributed by atoms with Crippen LogP contribution in [-0.2, 0) is 16.8 Å². The zero-order chi connectivity index (χ0) is 17.6. The van der Waals surface area contributed by atoms with Gasteiger partial charge in [-0.25, -0.2) is 0 Å². The molecule has 0 aliphatic carbocycles. The molecule has 0 spiro atoms. The molecule has 0 bridgehead atoms. The number of carbonyl (C=O) groups excluding carboxylic acids is 1. The molecule has 6 heteroatoms. The van der Waals surface area contributed by atoms with Gasteiger partial charge in [-0.1, -0.05) is 30.3 Å². The lowest BCUT2D eigenvalue weighted by molar-refractivity contribution is -0.126. The number of amides is 1. The van der Waals surface area contributed by atoms with E-state index < -0.39 is 5.54 Å². The average Bonchev–Trinajstić information content (AvgIpc) is 2.62. The summed E-state index contributed by atoms with van der Waals surface area (Å²) >= 11 is 0. The average molecular weight is 365 g/mol. The Kier molecular flexibility index (Phi) is 7.74. The van der Waals surface area contributed by atoms with Gasteiger partial charge in [-0.15, -0.1) is 12.4 Å². The van der Waals surface area contributed by atoms with E-state index in [4.69, 9.17) is 15.2 Å². The fourth-order valence-corrected chi connectivity index (χ4v) is 2.49. The summed E-state index contributed by atoms with van der Waals surface area (Å²) in [5.41, 5.74) is 6.88.